The first-order chi connectivity index (χ1) is 8.52. The molecule has 2 rings (SSSR count). The van der Waals surface area contributed by atoms with Gasteiger partial charge in [0, 0.05) is 0 Å². The summed E-state index contributed by atoms with van der Waals surface area (Å²) >= 11 is 0. The van der Waals surface area contributed by atoms with Crippen molar-refractivity contribution in [3.05, 3.63) is 42.7 Å². The van der Waals surface area contributed by atoms with Gasteiger partial charge in [-0.25, -0.2) is 18.1 Å². The molecule has 0 aliphatic rings. The topological polar surface area (TPSA) is 74.8 Å². The first-order valence-corrected chi connectivity index (χ1v) is 7.22. The van der Waals surface area contributed by atoms with Gasteiger partial charge in [0.2, 0.25) is 10.0 Å². The van der Waals surface area contributed by atoms with Crippen LogP contribution in [0.3, 0.4) is 0 Å². The number of H-pyrrole nitrogens is 1. The number of nitrogens with zero attached hydrogens (tertiary/aromatic N) is 1. The van der Waals surface area contributed by atoms with Crippen molar-refractivity contribution in [1.29, 1.82) is 0 Å². The Labute approximate surface area is 106 Å². The van der Waals surface area contributed by atoms with Gasteiger partial charge in [0.05, 0.1) is 22.8 Å². The van der Waals surface area contributed by atoms with Gasteiger partial charge in [0.25, 0.3) is 0 Å². The van der Waals surface area contributed by atoms with Crippen LogP contribution in [0.15, 0.2) is 36.9 Å². The highest BCUT2D eigenvalue weighted by Crippen LogP contribution is 2.16. The second kappa shape index (κ2) is 4.91. The fourth-order valence-electron chi connectivity index (χ4n) is 1.71. The van der Waals surface area contributed by atoms with E-state index in [0.29, 0.717) is 5.82 Å². The minimum absolute atomic E-state index is 0.0996. The van der Waals surface area contributed by atoms with E-state index in [1.54, 1.807) is 6.92 Å². The van der Waals surface area contributed by atoms with E-state index in [1.807, 2.05) is 24.3 Å². The molecule has 0 radical (unpaired) electrons. The number of aromatic amines is 1. The number of imidazole rings is 1. The SMILES string of the molecule is C=CCS(=O)(=O)NC(C)c1nc2ccccc2[nH]1. The van der Waals surface area contributed by atoms with Crippen molar-refractivity contribution >= 4 is 21.1 Å². The number of sulfonamides is 1. The highest BCUT2D eigenvalue weighted by Gasteiger charge is 2.16. The number of hydrogen-bond donors (Lipinski definition) is 2. The largest absolute Gasteiger partial charge is 0.341 e. The molecule has 2 N–H and O–H groups in total. The number of fused-ring (bicyclic) bond motifs is 1. The molecule has 0 amide bonds. The zero-order chi connectivity index (χ0) is 13.2. The maximum Gasteiger partial charge on any atom is 0.215 e. The Morgan fingerprint density at radius 2 is 2.22 bits per heavy atom. The molecule has 0 saturated heterocycles. The molecule has 1 atom stereocenters. The van der Waals surface area contributed by atoms with Gasteiger partial charge in [-0.15, -0.1) is 6.58 Å². The first kappa shape index (κ1) is 12.8. The van der Waals surface area contributed by atoms with E-state index in [2.05, 4.69) is 21.3 Å². The van der Waals surface area contributed by atoms with Crippen LogP contribution in [0.4, 0.5) is 0 Å². The van der Waals surface area contributed by atoms with Gasteiger partial charge >= 0.3 is 0 Å². The summed E-state index contributed by atoms with van der Waals surface area (Å²) in [6.07, 6.45) is 1.35. The highest BCUT2D eigenvalue weighted by molar-refractivity contribution is 7.89. The molecule has 0 saturated carbocycles. The standard InChI is InChI=1S/C12H15N3O2S/c1-3-8-18(16,17)15-9(2)12-13-10-6-4-5-7-11(10)14-12/h3-7,9,15H,1,8H2,2H3,(H,13,14). The van der Waals surface area contributed by atoms with Gasteiger partial charge in [-0.2, -0.15) is 0 Å². The number of nitrogens with one attached hydrogen (secondary N) is 2. The Morgan fingerprint density at radius 3 is 2.89 bits per heavy atom. The van der Waals surface area contributed by atoms with Crippen molar-refractivity contribution in [3.8, 4) is 0 Å². The molecule has 1 aromatic carbocycles. The third-order valence-corrected chi connectivity index (χ3v) is 3.90. The average molecular weight is 265 g/mol. The Balaban J connectivity index is 2.23. The van der Waals surface area contributed by atoms with Gasteiger partial charge in [-0.05, 0) is 19.1 Å². The monoisotopic (exact) mass is 265 g/mol. The van der Waals surface area contributed by atoms with E-state index in [9.17, 15) is 8.42 Å². The van der Waals surface area contributed by atoms with Crippen LogP contribution in [0.25, 0.3) is 11.0 Å². The fourth-order valence-corrected chi connectivity index (χ4v) is 2.76. The summed E-state index contributed by atoms with van der Waals surface area (Å²) in [5.41, 5.74) is 1.71. The summed E-state index contributed by atoms with van der Waals surface area (Å²) in [7, 11) is -3.34. The summed E-state index contributed by atoms with van der Waals surface area (Å²) in [6, 6.07) is 7.16. The fraction of sp³-hybridized carbons (Fsp3) is 0.250. The number of para-hydroxylation sites is 2. The smallest absolute Gasteiger partial charge is 0.215 e. The number of aromatic nitrogens is 2. The summed E-state index contributed by atoms with van der Waals surface area (Å²) in [4.78, 5) is 7.44. The lowest BCUT2D eigenvalue weighted by molar-refractivity contribution is 0.564. The van der Waals surface area contributed by atoms with Crippen molar-refractivity contribution in [2.75, 3.05) is 5.75 Å². The summed E-state index contributed by atoms with van der Waals surface area (Å²) in [5.74, 6) is 0.501. The number of hydrogen-bond acceptors (Lipinski definition) is 3. The predicted octanol–water partition coefficient (Wildman–Crippen LogP) is 1.73. The van der Waals surface area contributed by atoms with E-state index in [4.69, 9.17) is 0 Å². The lowest BCUT2D eigenvalue weighted by atomic mass is 10.3. The molecule has 0 fully saturated rings. The van der Waals surface area contributed by atoms with Crippen LogP contribution >= 0.6 is 0 Å². The van der Waals surface area contributed by atoms with Crippen LogP contribution in [0.2, 0.25) is 0 Å². The molecular weight excluding hydrogens is 250 g/mol. The third-order valence-electron chi connectivity index (χ3n) is 2.51. The van der Waals surface area contributed by atoms with Crippen molar-refractivity contribution < 1.29 is 8.42 Å². The molecule has 1 unspecified atom stereocenters. The van der Waals surface area contributed by atoms with Gasteiger partial charge < -0.3 is 4.98 Å². The molecule has 0 bridgehead atoms. The van der Waals surface area contributed by atoms with Gasteiger partial charge in [0.15, 0.2) is 0 Å². The van der Waals surface area contributed by atoms with Crippen molar-refractivity contribution in [2.45, 2.75) is 13.0 Å². The molecule has 0 spiro atoms. The molecule has 2 aromatic rings. The van der Waals surface area contributed by atoms with Crippen LogP contribution in [0.5, 0.6) is 0 Å². The molecule has 96 valence electrons. The molecule has 0 aliphatic heterocycles. The van der Waals surface area contributed by atoms with Crippen LogP contribution in [-0.4, -0.2) is 24.1 Å². The van der Waals surface area contributed by atoms with E-state index in [1.165, 1.54) is 6.08 Å². The Bertz CT molecular complexity index is 628. The van der Waals surface area contributed by atoms with Gasteiger partial charge in [0.1, 0.15) is 5.82 Å². The van der Waals surface area contributed by atoms with Crippen LogP contribution in [0, 0.1) is 0 Å². The summed E-state index contributed by atoms with van der Waals surface area (Å²) in [6.45, 7) is 5.17. The maximum absolute atomic E-state index is 11.6. The van der Waals surface area contributed by atoms with Crippen molar-refractivity contribution in [3.63, 3.8) is 0 Å². The van der Waals surface area contributed by atoms with E-state index < -0.39 is 16.1 Å². The molecule has 1 heterocycles. The second-order valence-electron chi connectivity index (χ2n) is 4.05. The molecule has 0 aliphatic carbocycles. The lowest BCUT2D eigenvalue weighted by Gasteiger charge is -2.10. The lowest BCUT2D eigenvalue weighted by Crippen LogP contribution is -2.29. The zero-order valence-corrected chi connectivity index (χ0v) is 10.9. The van der Waals surface area contributed by atoms with Crippen LogP contribution in [0.1, 0.15) is 18.8 Å². The molecule has 18 heavy (non-hydrogen) atoms. The maximum atomic E-state index is 11.6. The summed E-state index contributed by atoms with van der Waals surface area (Å²) in [5, 5.41) is 0. The highest BCUT2D eigenvalue weighted by atomic mass is 32.2. The van der Waals surface area contributed by atoms with Crippen LogP contribution < -0.4 is 4.72 Å². The van der Waals surface area contributed by atoms with E-state index in [0.717, 1.165) is 11.0 Å². The van der Waals surface area contributed by atoms with Crippen molar-refractivity contribution in [1.82, 2.24) is 14.7 Å². The average Bonchev–Trinajstić information content (AvgIpc) is 2.71. The minimum atomic E-state index is -3.34. The second-order valence-corrected chi connectivity index (χ2v) is 5.85. The number of rotatable bonds is 5. The molecular formula is C12H15N3O2S. The molecule has 6 heteroatoms. The molecule has 1 aromatic heterocycles. The van der Waals surface area contributed by atoms with Gasteiger partial charge in [-0.3, -0.25) is 0 Å². The van der Waals surface area contributed by atoms with E-state index in [-0.39, 0.29) is 5.75 Å². The predicted molar refractivity (Wildman–Crippen MR) is 71.6 cm³/mol. The Kier molecular flexibility index (Phi) is 3.49. The van der Waals surface area contributed by atoms with Crippen molar-refractivity contribution in [2.24, 2.45) is 0 Å². The first-order valence-electron chi connectivity index (χ1n) is 5.57. The molecule has 5 nitrogen and oxygen atoms in total. The van der Waals surface area contributed by atoms with Gasteiger partial charge in [-0.1, -0.05) is 18.2 Å². The van der Waals surface area contributed by atoms with Crippen LogP contribution in [-0.2, 0) is 10.0 Å². The Hall–Kier alpha value is -1.66. The normalized spacial score (nSPS) is 13.6. The minimum Gasteiger partial charge on any atom is -0.341 e. The number of benzene rings is 1. The zero-order valence-electron chi connectivity index (χ0n) is 10.1. The Morgan fingerprint density at radius 1 is 1.50 bits per heavy atom. The summed E-state index contributed by atoms with van der Waals surface area (Å²) < 4.78 is 25.8. The van der Waals surface area contributed by atoms with E-state index >= 15 is 0 Å². The third kappa shape index (κ3) is 2.77. The quantitative estimate of drug-likeness (QED) is 0.808.